The molecule has 0 atom stereocenters. The van der Waals surface area contributed by atoms with Gasteiger partial charge in [0.25, 0.3) is 5.69 Å². The number of carboxylic acids is 1. The summed E-state index contributed by atoms with van der Waals surface area (Å²) in [4.78, 5) is 26.0. The topological polar surface area (TPSA) is 120 Å². The summed E-state index contributed by atoms with van der Waals surface area (Å²) in [5.41, 5.74) is 0.621. The van der Waals surface area contributed by atoms with Crippen LogP contribution in [0.5, 0.6) is 11.5 Å². The fourth-order valence-electron chi connectivity index (χ4n) is 2.28. The standard InChI is InChI=1S/C18H14ClF3N2O7/c1-29-8-14(23-30-9-17(25)26)12-7-11(3-4-15(12)24(27)28)31-16-5-2-10(6-13(16)19)18(20,21)22/h2-8,23H,9H2,1H3,(H,25,26). The van der Waals surface area contributed by atoms with Crippen molar-refractivity contribution in [3.8, 4) is 11.5 Å². The van der Waals surface area contributed by atoms with Crippen molar-refractivity contribution >= 4 is 29.0 Å². The van der Waals surface area contributed by atoms with Gasteiger partial charge >= 0.3 is 12.1 Å². The number of hydroxylamine groups is 1. The maximum atomic E-state index is 12.8. The molecule has 2 rings (SSSR count). The van der Waals surface area contributed by atoms with Gasteiger partial charge in [-0.25, -0.2) is 4.79 Å². The van der Waals surface area contributed by atoms with Crippen molar-refractivity contribution in [2.45, 2.75) is 6.18 Å². The number of benzene rings is 2. The summed E-state index contributed by atoms with van der Waals surface area (Å²) in [5, 5.41) is 19.7. The summed E-state index contributed by atoms with van der Waals surface area (Å²) < 4.78 is 48.6. The third-order valence-corrected chi connectivity index (χ3v) is 3.85. The van der Waals surface area contributed by atoms with E-state index in [1.165, 1.54) is 19.2 Å². The van der Waals surface area contributed by atoms with Crippen LogP contribution >= 0.6 is 11.6 Å². The highest BCUT2D eigenvalue weighted by atomic mass is 35.5. The van der Waals surface area contributed by atoms with Gasteiger partial charge in [-0.2, -0.15) is 13.2 Å². The molecule has 2 aromatic carbocycles. The lowest BCUT2D eigenvalue weighted by atomic mass is 10.1. The van der Waals surface area contributed by atoms with Gasteiger partial charge in [-0.05, 0) is 30.3 Å². The average Bonchev–Trinajstić information content (AvgIpc) is 2.67. The number of carbonyl (C=O) groups is 1. The number of hydrogen-bond acceptors (Lipinski definition) is 7. The van der Waals surface area contributed by atoms with Gasteiger partial charge in [-0.15, -0.1) is 0 Å². The number of carboxylic acid groups (broad SMARTS) is 1. The van der Waals surface area contributed by atoms with E-state index in [1.807, 2.05) is 0 Å². The second kappa shape index (κ2) is 10.00. The number of methoxy groups -OCH3 is 1. The highest BCUT2D eigenvalue weighted by Gasteiger charge is 2.31. The van der Waals surface area contributed by atoms with Crippen LogP contribution in [0.4, 0.5) is 18.9 Å². The lowest BCUT2D eigenvalue weighted by Gasteiger charge is -2.14. The molecule has 13 heteroatoms. The second-order valence-electron chi connectivity index (χ2n) is 5.73. The Morgan fingerprint density at radius 3 is 2.55 bits per heavy atom. The van der Waals surface area contributed by atoms with Crippen LogP contribution in [0.15, 0.2) is 42.7 Å². The molecule has 0 spiro atoms. The molecule has 0 aliphatic carbocycles. The normalized spacial score (nSPS) is 11.7. The summed E-state index contributed by atoms with van der Waals surface area (Å²) in [6.07, 6.45) is -3.57. The number of nitrogens with one attached hydrogen (secondary N) is 1. The molecular weight excluding hydrogens is 449 g/mol. The summed E-state index contributed by atoms with van der Waals surface area (Å²) in [6, 6.07) is 5.91. The second-order valence-corrected chi connectivity index (χ2v) is 6.14. The molecule has 31 heavy (non-hydrogen) atoms. The maximum absolute atomic E-state index is 12.8. The van der Waals surface area contributed by atoms with E-state index in [-0.39, 0.29) is 27.8 Å². The predicted molar refractivity (Wildman–Crippen MR) is 101 cm³/mol. The van der Waals surface area contributed by atoms with Crippen molar-refractivity contribution in [1.82, 2.24) is 5.48 Å². The Morgan fingerprint density at radius 2 is 2.00 bits per heavy atom. The highest BCUT2D eigenvalue weighted by molar-refractivity contribution is 6.32. The molecule has 0 aliphatic heterocycles. The predicted octanol–water partition coefficient (Wildman–Crippen LogP) is 4.61. The zero-order valence-corrected chi connectivity index (χ0v) is 16.4. The lowest BCUT2D eigenvalue weighted by molar-refractivity contribution is -0.385. The summed E-state index contributed by atoms with van der Waals surface area (Å²) in [7, 11) is 1.24. The van der Waals surface area contributed by atoms with Gasteiger partial charge in [0.15, 0.2) is 6.61 Å². The van der Waals surface area contributed by atoms with Gasteiger partial charge in [-0.3, -0.25) is 20.4 Å². The Hall–Kier alpha value is -3.51. The third-order valence-electron chi connectivity index (χ3n) is 3.56. The van der Waals surface area contributed by atoms with Gasteiger partial charge in [0.05, 0.1) is 28.2 Å². The van der Waals surface area contributed by atoms with Gasteiger partial charge in [0, 0.05) is 6.07 Å². The number of halogens is 4. The Balaban J connectivity index is 2.39. The quantitative estimate of drug-likeness (QED) is 0.315. The molecule has 0 unspecified atom stereocenters. The lowest BCUT2D eigenvalue weighted by Crippen LogP contribution is -2.19. The monoisotopic (exact) mass is 462 g/mol. The van der Waals surface area contributed by atoms with Crippen molar-refractivity contribution < 1.29 is 42.3 Å². The summed E-state index contributed by atoms with van der Waals surface area (Å²) >= 11 is 5.86. The number of aliphatic carboxylic acids is 1. The van der Waals surface area contributed by atoms with Crippen LogP contribution in [-0.2, 0) is 20.5 Å². The largest absolute Gasteiger partial charge is 0.502 e. The summed E-state index contributed by atoms with van der Waals surface area (Å²) in [5.74, 6) is -1.43. The number of nitro groups is 1. The van der Waals surface area contributed by atoms with Crippen LogP contribution in [-0.4, -0.2) is 29.7 Å². The van der Waals surface area contributed by atoms with Crippen LogP contribution in [0.3, 0.4) is 0 Å². The molecule has 166 valence electrons. The fourth-order valence-corrected chi connectivity index (χ4v) is 2.50. The van der Waals surface area contributed by atoms with Gasteiger partial charge < -0.3 is 14.6 Å². The van der Waals surface area contributed by atoms with Crippen molar-refractivity contribution in [2.24, 2.45) is 0 Å². The van der Waals surface area contributed by atoms with E-state index in [0.29, 0.717) is 6.07 Å². The Morgan fingerprint density at radius 1 is 1.29 bits per heavy atom. The molecule has 0 aromatic heterocycles. The van der Waals surface area contributed by atoms with Gasteiger partial charge in [-0.1, -0.05) is 11.6 Å². The number of nitro benzene ring substituents is 1. The van der Waals surface area contributed by atoms with Crippen molar-refractivity contribution in [2.75, 3.05) is 13.7 Å². The molecule has 2 N–H and O–H groups in total. The number of ether oxygens (including phenoxy) is 2. The molecular formula is C18H14ClF3N2O7. The Kier molecular flexibility index (Phi) is 7.67. The van der Waals surface area contributed by atoms with Gasteiger partial charge in [0.1, 0.15) is 23.5 Å². The smallest absolute Gasteiger partial charge is 0.416 e. The maximum Gasteiger partial charge on any atom is 0.416 e. The molecule has 0 fully saturated rings. The van der Waals surface area contributed by atoms with Crippen LogP contribution in [0.2, 0.25) is 5.02 Å². The number of nitrogens with zero attached hydrogens (tertiary/aromatic N) is 1. The molecule has 0 amide bonds. The van der Waals surface area contributed by atoms with Crippen molar-refractivity contribution in [3.63, 3.8) is 0 Å². The minimum atomic E-state index is -4.59. The molecule has 0 aliphatic rings. The molecule has 0 radical (unpaired) electrons. The van der Waals surface area contributed by atoms with Crippen molar-refractivity contribution in [3.05, 3.63) is 68.9 Å². The molecule has 0 saturated carbocycles. The van der Waals surface area contributed by atoms with E-state index in [2.05, 4.69) is 5.48 Å². The first-order valence-electron chi connectivity index (χ1n) is 8.19. The number of alkyl halides is 3. The minimum Gasteiger partial charge on any atom is -0.502 e. The minimum absolute atomic E-state index is 0.00991. The van der Waals surface area contributed by atoms with Crippen molar-refractivity contribution in [1.29, 1.82) is 0 Å². The average molecular weight is 463 g/mol. The first-order chi connectivity index (χ1) is 14.5. The Labute approximate surface area is 177 Å². The first-order valence-corrected chi connectivity index (χ1v) is 8.56. The molecule has 0 saturated heterocycles. The van der Waals surface area contributed by atoms with E-state index in [0.717, 1.165) is 24.5 Å². The van der Waals surface area contributed by atoms with E-state index >= 15 is 0 Å². The van der Waals surface area contributed by atoms with Crippen LogP contribution in [0.1, 0.15) is 11.1 Å². The molecule has 2 aromatic rings. The molecule has 0 bridgehead atoms. The molecule has 0 heterocycles. The zero-order valence-electron chi connectivity index (χ0n) is 15.6. The third kappa shape index (κ3) is 6.49. The summed E-state index contributed by atoms with van der Waals surface area (Å²) in [6.45, 7) is -0.758. The van der Waals surface area contributed by atoms with E-state index in [1.54, 1.807) is 0 Å². The number of hydrogen-bond donors (Lipinski definition) is 2. The van der Waals surface area contributed by atoms with Crippen LogP contribution in [0, 0.1) is 10.1 Å². The van der Waals surface area contributed by atoms with Gasteiger partial charge in [0.2, 0.25) is 0 Å². The zero-order chi connectivity index (χ0) is 23.2. The fraction of sp³-hybridized carbons (Fsp3) is 0.167. The van der Waals surface area contributed by atoms with E-state index < -0.39 is 34.9 Å². The van der Waals surface area contributed by atoms with E-state index in [9.17, 15) is 28.1 Å². The van der Waals surface area contributed by atoms with Crippen LogP contribution in [0.25, 0.3) is 5.70 Å². The first kappa shape index (κ1) is 23.8. The van der Waals surface area contributed by atoms with E-state index in [4.69, 9.17) is 31.0 Å². The van der Waals surface area contributed by atoms with Crippen LogP contribution < -0.4 is 10.2 Å². The highest BCUT2D eigenvalue weighted by Crippen LogP contribution is 2.37. The number of rotatable bonds is 9. The molecule has 9 nitrogen and oxygen atoms in total. The SMILES string of the molecule is COC=C(NOCC(=O)O)c1cc(Oc2ccc(C(F)(F)F)cc2Cl)ccc1[N+](=O)[O-]. The Bertz CT molecular complexity index is 1010.